The molecule has 0 saturated carbocycles. The molecule has 0 aliphatic carbocycles. The molecule has 0 amide bonds. The summed E-state index contributed by atoms with van der Waals surface area (Å²) in [5.74, 6) is -0.802. The molecule has 0 spiro atoms. The fraction of sp³-hybridized carbons (Fsp3) is 0.455. The van der Waals surface area contributed by atoms with Crippen LogP contribution in [-0.2, 0) is 11.3 Å². The molecule has 1 aromatic heterocycles. The van der Waals surface area contributed by atoms with E-state index in [4.69, 9.17) is 5.11 Å². The van der Waals surface area contributed by atoms with Gasteiger partial charge in [0.2, 0.25) is 0 Å². The lowest BCUT2D eigenvalue weighted by Crippen LogP contribution is -2.25. The van der Waals surface area contributed by atoms with Crippen LogP contribution in [0.5, 0.6) is 0 Å². The molecule has 4 nitrogen and oxygen atoms in total. The number of carbonyl (C=O) groups is 1. The van der Waals surface area contributed by atoms with Gasteiger partial charge in [-0.1, -0.05) is 0 Å². The van der Waals surface area contributed by atoms with Gasteiger partial charge in [-0.05, 0) is 20.3 Å². The first-order valence-electron chi connectivity index (χ1n) is 4.81. The van der Waals surface area contributed by atoms with Crippen LogP contribution >= 0.6 is 0 Å². The highest BCUT2D eigenvalue weighted by molar-refractivity contribution is 5.73. The molecule has 0 radical (unpaired) electrons. The summed E-state index contributed by atoms with van der Waals surface area (Å²) in [5, 5.41) is 8.90. The summed E-state index contributed by atoms with van der Waals surface area (Å²) >= 11 is 0. The molecule has 82 valence electrons. The molecule has 0 bridgehead atoms. The molecule has 0 aromatic carbocycles. The second kappa shape index (κ2) is 4.29. The topological polar surface area (TPSA) is 59.3 Å². The van der Waals surface area contributed by atoms with Crippen LogP contribution in [0.25, 0.3) is 0 Å². The number of aryl methyl sites for hydroxylation is 1. The van der Waals surface area contributed by atoms with Gasteiger partial charge in [0.15, 0.2) is 5.43 Å². The van der Waals surface area contributed by atoms with Crippen molar-refractivity contribution in [1.29, 1.82) is 0 Å². The number of hydrogen-bond acceptors (Lipinski definition) is 2. The molecule has 0 unspecified atom stereocenters. The second-order valence-corrected chi connectivity index (χ2v) is 4.21. The van der Waals surface area contributed by atoms with Crippen LogP contribution in [-0.4, -0.2) is 15.6 Å². The fourth-order valence-corrected chi connectivity index (χ4v) is 1.11. The molecule has 0 saturated heterocycles. The highest BCUT2D eigenvalue weighted by atomic mass is 16.4. The Balaban J connectivity index is 2.61. The smallest absolute Gasteiger partial charge is 0.309 e. The van der Waals surface area contributed by atoms with E-state index in [1.165, 1.54) is 12.1 Å². The van der Waals surface area contributed by atoms with Gasteiger partial charge in [0.25, 0.3) is 0 Å². The average molecular weight is 209 g/mol. The van der Waals surface area contributed by atoms with E-state index in [2.05, 4.69) is 0 Å². The minimum atomic E-state index is -0.802. The van der Waals surface area contributed by atoms with E-state index in [1.807, 2.05) is 4.57 Å². The van der Waals surface area contributed by atoms with Crippen molar-refractivity contribution in [2.24, 2.45) is 5.41 Å². The predicted molar refractivity (Wildman–Crippen MR) is 56.7 cm³/mol. The van der Waals surface area contributed by atoms with Crippen LogP contribution in [0.4, 0.5) is 0 Å². The molecule has 1 rings (SSSR count). The van der Waals surface area contributed by atoms with Crippen LogP contribution < -0.4 is 5.43 Å². The van der Waals surface area contributed by atoms with E-state index < -0.39 is 11.4 Å². The Morgan fingerprint density at radius 2 is 1.93 bits per heavy atom. The zero-order valence-corrected chi connectivity index (χ0v) is 8.93. The minimum absolute atomic E-state index is 0.0382. The molecule has 1 N–H and O–H groups in total. The van der Waals surface area contributed by atoms with Gasteiger partial charge in [0.05, 0.1) is 5.41 Å². The van der Waals surface area contributed by atoms with E-state index >= 15 is 0 Å². The lowest BCUT2D eigenvalue weighted by molar-refractivity contribution is -0.147. The molecule has 0 atom stereocenters. The minimum Gasteiger partial charge on any atom is -0.481 e. The SMILES string of the molecule is CC(C)(CCn1ccc(=O)cc1)C(=O)O. The van der Waals surface area contributed by atoms with Gasteiger partial charge in [0.1, 0.15) is 0 Å². The molecule has 1 aromatic rings. The number of pyridine rings is 1. The quantitative estimate of drug-likeness (QED) is 0.814. The van der Waals surface area contributed by atoms with E-state index in [-0.39, 0.29) is 5.43 Å². The van der Waals surface area contributed by atoms with Crippen LogP contribution in [0.15, 0.2) is 29.3 Å². The number of hydrogen-bond donors (Lipinski definition) is 1. The lowest BCUT2D eigenvalue weighted by Gasteiger charge is -2.19. The molecule has 4 heteroatoms. The highest BCUT2D eigenvalue weighted by Crippen LogP contribution is 2.20. The first-order chi connectivity index (χ1) is 6.92. The third-order valence-electron chi connectivity index (χ3n) is 2.43. The van der Waals surface area contributed by atoms with Crippen molar-refractivity contribution in [3.63, 3.8) is 0 Å². The Hall–Kier alpha value is -1.58. The maximum atomic E-state index is 10.8. The first-order valence-corrected chi connectivity index (χ1v) is 4.81. The number of carboxylic acids is 1. The summed E-state index contributed by atoms with van der Waals surface area (Å²) in [4.78, 5) is 21.7. The van der Waals surface area contributed by atoms with Gasteiger partial charge in [0, 0.05) is 31.1 Å². The zero-order valence-electron chi connectivity index (χ0n) is 8.93. The van der Waals surface area contributed by atoms with Crippen molar-refractivity contribution in [2.75, 3.05) is 0 Å². The number of carboxylic acid groups (broad SMARTS) is 1. The standard InChI is InChI=1S/C11H15NO3/c1-11(2,10(14)15)5-8-12-6-3-9(13)4-7-12/h3-4,6-7H,5,8H2,1-2H3,(H,14,15). The zero-order chi connectivity index (χ0) is 11.5. The molecule has 0 fully saturated rings. The Morgan fingerprint density at radius 1 is 1.40 bits per heavy atom. The lowest BCUT2D eigenvalue weighted by atomic mass is 9.90. The van der Waals surface area contributed by atoms with Crippen molar-refractivity contribution in [2.45, 2.75) is 26.8 Å². The van der Waals surface area contributed by atoms with Crippen LogP contribution in [0.2, 0.25) is 0 Å². The molecule has 0 aliphatic heterocycles. The van der Waals surface area contributed by atoms with Crippen molar-refractivity contribution in [1.82, 2.24) is 4.57 Å². The molecular weight excluding hydrogens is 194 g/mol. The summed E-state index contributed by atoms with van der Waals surface area (Å²) in [6.45, 7) is 3.98. The van der Waals surface area contributed by atoms with Crippen LogP contribution in [0.3, 0.4) is 0 Å². The van der Waals surface area contributed by atoms with E-state index in [0.29, 0.717) is 13.0 Å². The summed E-state index contributed by atoms with van der Waals surface area (Å²) in [5.41, 5.74) is -0.771. The van der Waals surface area contributed by atoms with Gasteiger partial charge in [-0.3, -0.25) is 9.59 Å². The summed E-state index contributed by atoms with van der Waals surface area (Å²) in [6.07, 6.45) is 3.87. The third-order valence-corrected chi connectivity index (χ3v) is 2.43. The maximum Gasteiger partial charge on any atom is 0.309 e. The van der Waals surface area contributed by atoms with Crippen LogP contribution in [0.1, 0.15) is 20.3 Å². The van der Waals surface area contributed by atoms with Gasteiger partial charge in [-0.15, -0.1) is 0 Å². The summed E-state index contributed by atoms with van der Waals surface area (Å²) in [7, 11) is 0. The average Bonchev–Trinajstić information content (AvgIpc) is 2.17. The Labute approximate surface area is 88.2 Å². The molecule has 1 heterocycles. The van der Waals surface area contributed by atoms with Gasteiger partial charge in [-0.25, -0.2) is 0 Å². The molecule has 15 heavy (non-hydrogen) atoms. The fourth-order valence-electron chi connectivity index (χ4n) is 1.11. The number of rotatable bonds is 4. The van der Waals surface area contributed by atoms with Crippen LogP contribution in [0, 0.1) is 5.41 Å². The Morgan fingerprint density at radius 3 is 2.40 bits per heavy atom. The molecular formula is C11H15NO3. The number of aromatic nitrogens is 1. The van der Waals surface area contributed by atoms with Gasteiger partial charge in [-0.2, -0.15) is 0 Å². The maximum absolute atomic E-state index is 10.8. The van der Waals surface area contributed by atoms with Crippen molar-refractivity contribution in [3.8, 4) is 0 Å². The largest absolute Gasteiger partial charge is 0.481 e. The monoisotopic (exact) mass is 209 g/mol. The second-order valence-electron chi connectivity index (χ2n) is 4.21. The number of nitrogens with zero attached hydrogens (tertiary/aromatic N) is 1. The van der Waals surface area contributed by atoms with Crippen molar-refractivity contribution in [3.05, 3.63) is 34.7 Å². The van der Waals surface area contributed by atoms with E-state index in [1.54, 1.807) is 26.2 Å². The molecule has 0 aliphatic rings. The van der Waals surface area contributed by atoms with E-state index in [9.17, 15) is 9.59 Å². The third kappa shape index (κ3) is 3.23. The van der Waals surface area contributed by atoms with Gasteiger partial charge >= 0.3 is 5.97 Å². The van der Waals surface area contributed by atoms with Crippen molar-refractivity contribution < 1.29 is 9.90 Å². The normalized spacial score (nSPS) is 11.3. The first kappa shape index (κ1) is 11.5. The number of aliphatic carboxylic acids is 1. The Bertz CT molecular complexity index is 386. The highest BCUT2D eigenvalue weighted by Gasteiger charge is 2.26. The van der Waals surface area contributed by atoms with Crippen molar-refractivity contribution >= 4 is 5.97 Å². The van der Waals surface area contributed by atoms with Gasteiger partial charge < -0.3 is 9.67 Å². The summed E-state index contributed by atoms with van der Waals surface area (Å²) < 4.78 is 1.81. The summed E-state index contributed by atoms with van der Waals surface area (Å²) in [6, 6.07) is 2.93. The predicted octanol–water partition coefficient (Wildman–Crippen LogP) is 1.35. The van der Waals surface area contributed by atoms with E-state index in [0.717, 1.165) is 0 Å². The Kier molecular flexibility index (Phi) is 3.29.